The van der Waals surface area contributed by atoms with Gasteiger partial charge in [0, 0.05) is 29.2 Å². The third kappa shape index (κ3) is 3.70. The number of ether oxygens (including phenoxy) is 1. The molecule has 126 valence electrons. The predicted molar refractivity (Wildman–Crippen MR) is 97.1 cm³/mol. The molecule has 7 heteroatoms. The Morgan fingerprint density at radius 3 is 2.38 bits per heavy atom. The fourth-order valence-corrected chi connectivity index (χ4v) is 4.47. The van der Waals surface area contributed by atoms with Crippen LogP contribution in [0.4, 0.5) is 5.69 Å². The number of thioether (sulfide) groups is 1. The van der Waals surface area contributed by atoms with Crippen molar-refractivity contribution >= 4 is 40.7 Å². The van der Waals surface area contributed by atoms with E-state index in [2.05, 4.69) is 0 Å². The number of hydrogen-bond acceptors (Lipinski definition) is 4. The Kier molecular flexibility index (Phi) is 5.35. The van der Waals surface area contributed by atoms with Crippen molar-refractivity contribution < 1.29 is 9.66 Å². The van der Waals surface area contributed by atoms with E-state index in [1.165, 1.54) is 0 Å². The summed E-state index contributed by atoms with van der Waals surface area (Å²) in [6.07, 6.45) is 1.55. The molecule has 0 bridgehead atoms. The third-order valence-corrected chi connectivity index (χ3v) is 6.21. The second kappa shape index (κ2) is 7.31. The van der Waals surface area contributed by atoms with Crippen LogP contribution in [-0.4, -0.2) is 18.1 Å². The van der Waals surface area contributed by atoms with Gasteiger partial charge in [-0.1, -0.05) is 29.3 Å². The first-order valence-electron chi connectivity index (χ1n) is 7.47. The first kappa shape index (κ1) is 17.5. The van der Waals surface area contributed by atoms with Gasteiger partial charge in [0.2, 0.25) is 0 Å². The number of nitro groups is 1. The molecular formula is C17H15Cl2NO3S. The van der Waals surface area contributed by atoms with Crippen molar-refractivity contribution in [2.24, 2.45) is 0 Å². The number of rotatable bonds is 4. The number of hydrogen-bond donors (Lipinski definition) is 0. The number of nitro benzene ring substituents is 1. The molecule has 4 nitrogen and oxygen atoms in total. The summed E-state index contributed by atoms with van der Waals surface area (Å²) in [4.78, 5) is 11.9. The fourth-order valence-electron chi connectivity index (χ4n) is 2.82. The van der Waals surface area contributed by atoms with Crippen molar-refractivity contribution in [3.63, 3.8) is 0 Å². The second-order valence-corrected chi connectivity index (χ2v) is 7.89. The highest BCUT2D eigenvalue weighted by atomic mass is 35.5. The first-order valence-corrected chi connectivity index (χ1v) is 9.04. The van der Waals surface area contributed by atoms with E-state index < -0.39 is 4.92 Å². The molecule has 0 aromatic heterocycles. The Labute approximate surface area is 154 Å². The van der Waals surface area contributed by atoms with Crippen LogP contribution in [-0.2, 0) is 9.48 Å². The van der Waals surface area contributed by atoms with Crippen LogP contribution in [0.2, 0.25) is 10.0 Å². The highest BCUT2D eigenvalue weighted by molar-refractivity contribution is 8.00. The van der Waals surface area contributed by atoms with Gasteiger partial charge in [0.05, 0.1) is 9.67 Å². The van der Waals surface area contributed by atoms with Gasteiger partial charge in [-0.15, -0.1) is 11.8 Å². The summed E-state index contributed by atoms with van der Waals surface area (Å²) in [6, 6.07) is 12.7. The fraction of sp³-hybridized carbons (Fsp3) is 0.294. The minimum absolute atomic E-state index is 0.0586. The monoisotopic (exact) mass is 383 g/mol. The number of benzene rings is 2. The molecule has 1 aliphatic heterocycles. The Bertz CT molecular complexity index is 746. The molecule has 0 saturated carbocycles. The van der Waals surface area contributed by atoms with Gasteiger partial charge in [-0.2, -0.15) is 0 Å². The molecule has 0 atom stereocenters. The van der Waals surface area contributed by atoms with Gasteiger partial charge in [0.25, 0.3) is 5.69 Å². The van der Waals surface area contributed by atoms with Crippen LogP contribution in [0, 0.1) is 10.1 Å². The summed E-state index contributed by atoms with van der Waals surface area (Å²) in [7, 11) is 0. The SMILES string of the molecule is O=[N+]([O-])c1cc(C2(Sc3ccc(Cl)cc3)CCOCC2)ccc1Cl. The van der Waals surface area contributed by atoms with Crippen molar-refractivity contribution in [3.8, 4) is 0 Å². The van der Waals surface area contributed by atoms with E-state index in [1.54, 1.807) is 23.9 Å². The van der Waals surface area contributed by atoms with E-state index in [9.17, 15) is 10.1 Å². The van der Waals surface area contributed by atoms with Crippen LogP contribution in [0.3, 0.4) is 0 Å². The first-order chi connectivity index (χ1) is 11.5. The zero-order valence-corrected chi connectivity index (χ0v) is 15.0. The summed E-state index contributed by atoms with van der Waals surface area (Å²) >= 11 is 13.6. The Hall–Kier alpha value is -1.27. The lowest BCUT2D eigenvalue weighted by Crippen LogP contribution is -2.30. The topological polar surface area (TPSA) is 52.4 Å². The molecule has 1 fully saturated rings. The maximum atomic E-state index is 11.2. The van der Waals surface area contributed by atoms with Crippen LogP contribution >= 0.6 is 35.0 Å². The van der Waals surface area contributed by atoms with E-state index >= 15 is 0 Å². The average molecular weight is 384 g/mol. The molecule has 24 heavy (non-hydrogen) atoms. The summed E-state index contributed by atoms with van der Waals surface area (Å²) in [5, 5.41) is 12.1. The van der Waals surface area contributed by atoms with Crippen molar-refractivity contribution in [3.05, 3.63) is 68.2 Å². The predicted octanol–water partition coefficient (Wildman–Crippen LogP) is 5.70. The van der Waals surface area contributed by atoms with Crippen molar-refractivity contribution in [1.82, 2.24) is 0 Å². The van der Waals surface area contributed by atoms with E-state index in [1.807, 2.05) is 30.3 Å². The molecule has 0 amide bonds. The highest BCUT2D eigenvalue weighted by Gasteiger charge is 2.37. The van der Waals surface area contributed by atoms with Crippen LogP contribution < -0.4 is 0 Å². The lowest BCUT2D eigenvalue weighted by Gasteiger charge is -2.37. The molecule has 2 aromatic carbocycles. The van der Waals surface area contributed by atoms with Gasteiger partial charge < -0.3 is 4.74 Å². The lowest BCUT2D eigenvalue weighted by atomic mass is 9.90. The van der Waals surface area contributed by atoms with E-state index in [4.69, 9.17) is 27.9 Å². The largest absolute Gasteiger partial charge is 0.381 e. The van der Waals surface area contributed by atoms with Crippen LogP contribution in [0.5, 0.6) is 0 Å². The van der Waals surface area contributed by atoms with Crippen LogP contribution in [0.1, 0.15) is 18.4 Å². The molecule has 0 aliphatic carbocycles. The molecular weight excluding hydrogens is 369 g/mol. The highest BCUT2D eigenvalue weighted by Crippen LogP contribution is 2.49. The van der Waals surface area contributed by atoms with Crippen molar-refractivity contribution in [2.45, 2.75) is 22.5 Å². The maximum absolute atomic E-state index is 11.2. The quantitative estimate of drug-likeness (QED) is 0.501. The average Bonchev–Trinajstić information content (AvgIpc) is 2.58. The van der Waals surface area contributed by atoms with E-state index in [0.717, 1.165) is 23.3 Å². The van der Waals surface area contributed by atoms with Gasteiger partial charge in [0.15, 0.2) is 0 Å². The summed E-state index contributed by atoms with van der Waals surface area (Å²) in [5.41, 5.74) is 0.846. The molecule has 0 radical (unpaired) electrons. The van der Waals surface area contributed by atoms with Crippen LogP contribution in [0.15, 0.2) is 47.4 Å². The molecule has 3 rings (SSSR count). The van der Waals surface area contributed by atoms with Gasteiger partial charge in [-0.3, -0.25) is 10.1 Å². The smallest absolute Gasteiger partial charge is 0.288 e. The van der Waals surface area contributed by atoms with Gasteiger partial charge in [-0.25, -0.2) is 0 Å². The van der Waals surface area contributed by atoms with Crippen molar-refractivity contribution in [2.75, 3.05) is 13.2 Å². The molecule has 1 saturated heterocycles. The lowest BCUT2D eigenvalue weighted by molar-refractivity contribution is -0.384. The Morgan fingerprint density at radius 2 is 1.75 bits per heavy atom. The normalized spacial score (nSPS) is 16.8. The maximum Gasteiger partial charge on any atom is 0.288 e. The molecule has 0 N–H and O–H groups in total. The van der Waals surface area contributed by atoms with Gasteiger partial charge in [-0.05, 0) is 48.7 Å². The summed E-state index contributed by atoms with van der Waals surface area (Å²) in [6.45, 7) is 1.24. The van der Waals surface area contributed by atoms with E-state index in [0.29, 0.717) is 18.2 Å². The minimum Gasteiger partial charge on any atom is -0.381 e. The third-order valence-electron chi connectivity index (χ3n) is 4.10. The summed E-state index contributed by atoms with van der Waals surface area (Å²) in [5.74, 6) is 0. The van der Waals surface area contributed by atoms with Gasteiger partial charge >= 0.3 is 0 Å². The molecule has 2 aromatic rings. The summed E-state index contributed by atoms with van der Waals surface area (Å²) < 4.78 is 5.23. The minimum atomic E-state index is -0.439. The van der Waals surface area contributed by atoms with E-state index in [-0.39, 0.29) is 15.5 Å². The second-order valence-electron chi connectivity index (χ2n) is 5.59. The Balaban J connectivity index is 2.01. The molecule has 1 heterocycles. The molecule has 0 unspecified atom stereocenters. The number of halogens is 2. The van der Waals surface area contributed by atoms with Crippen LogP contribution in [0.25, 0.3) is 0 Å². The number of nitrogens with zero attached hydrogens (tertiary/aromatic N) is 1. The van der Waals surface area contributed by atoms with Gasteiger partial charge in [0.1, 0.15) is 5.02 Å². The zero-order valence-electron chi connectivity index (χ0n) is 12.7. The van der Waals surface area contributed by atoms with Crippen molar-refractivity contribution in [1.29, 1.82) is 0 Å². The molecule has 1 aliphatic rings. The Morgan fingerprint density at radius 1 is 1.08 bits per heavy atom. The zero-order chi connectivity index (χ0) is 17.2. The standard InChI is InChI=1S/C17H15Cl2NO3S/c18-13-2-4-14(5-3-13)24-17(7-9-23-10-8-17)12-1-6-15(19)16(11-12)20(21)22/h1-6,11H,7-10H2. The molecule has 0 spiro atoms.